The minimum absolute atomic E-state index is 0.669. The van der Waals surface area contributed by atoms with Gasteiger partial charge in [-0.3, -0.25) is 0 Å². The van der Waals surface area contributed by atoms with Crippen LogP contribution in [0.5, 0.6) is 5.75 Å². The van der Waals surface area contributed by atoms with Crippen molar-refractivity contribution < 1.29 is 4.74 Å². The fourth-order valence-corrected chi connectivity index (χ4v) is 2.40. The largest absolute Gasteiger partial charge is 0.493 e. The standard InChI is InChI=1S/C14H12ClNO/c15-13-8-11(16)3-4-12(13)10-2-1-9-5-6-17-14(9)7-10/h1-4,7-8H,5-6,16H2. The Morgan fingerprint density at radius 1 is 1.12 bits per heavy atom. The lowest BCUT2D eigenvalue weighted by Crippen LogP contribution is -1.87. The van der Waals surface area contributed by atoms with Crippen molar-refractivity contribution in [3.63, 3.8) is 0 Å². The van der Waals surface area contributed by atoms with Gasteiger partial charge in [-0.05, 0) is 29.3 Å². The van der Waals surface area contributed by atoms with Crippen molar-refractivity contribution in [3.8, 4) is 16.9 Å². The molecule has 3 rings (SSSR count). The molecule has 0 bridgehead atoms. The Balaban J connectivity index is 2.09. The molecule has 1 aliphatic rings. The average molecular weight is 246 g/mol. The molecule has 0 amide bonds. The second-order valence-corrected chi connectivity index (χ2v) is 4.57. The van der Waals surface area contributed by atoms with Crippen LogP contribution in [0.3, 0.4) is 0 Å². The Hall–Kier alpha value is -1.67. The SMILES string of the molecule is Nc1ccc(-c2ccc3c(c2)OCC3)c(Cl)c1. The summed E-state index contributed by atoms with van der Waals surface area (Å²) in [5.74, 6) is 0.968. The van der Waals surface area contributed by atoms with Crippen LogP contribution in [0.2, 0.25) is 5.02 Å². The van der Waals surface area contributed by atoms with E-state index in [9.17, 15) is 0 Å². The maximum absolute atomic E-state index is 6.19. The van der Waals surface area contributed by atoms with Crippen molar-refractivity contribution >= 4 is 17.3 Å². The molecule has 0 radical (unpaired) electrons. The van der Waals surface area contributed by atoms with Crippen LogP contribution in [0.1, 0.15) is 5.56 Å². The van der Waals surface area contributed by atoms with Gasteiger partial charge in [0.05, 0.1) is 11.6 Å². The van der Waals surface area contributed by atoms with Gasteiger partial charge >= 0.3 is 0 Å². The van der Waals surface area contributed by atoms with Crippen molar-refractivity contribution in [2.75, 3.05) is 12.3 Å². The van der Waals surface area contributed by atoms with Crippen LogP contribution in [0.25, 0.3) is 11.1 Å². The monoisotopic (exact) mass is 245 g/mol. The molecule has 2 nitrogen and oxygen atoms in total. The summed E-state index contributed by atoms with van der Waals surface area (Å²) in [6.07, 6.45) is 0.991. The van der Waals surface area contributed by atoms with Gasteiger partial charge in [0, 0.05) is 17.7 Å². The molecule has 2 aromatic rings. The molecule has 0 spiro atoms. The van der Waals surface area contributed by atoms with Gasteiger partial charge in [-0.1, -0.05) is 29.8 Å². The number of anilines is 1. The maximum Gasteiger partial charge on any atom is 0.123 e. The summed E-state index contributed by atoms with van der Waals surface area (Å²) < 4.78 is 5.56. The molecule has 2 N–H and O–H groups in total. The van der Waals surface area contributed by atoms with Crippen molar-refractivity contribution in [2.24, 2.45) is 0 Å². The Morgan fingerprint density at radius 2 is 2.00 bits per heavy atom. The van der Waals surface area contributed by atoms with E-state index >= 15 is 0 Å². The molecule has 0 saturated heterocycles. The van der Waals surface area contributed by atoms with Gasteiger partial charge in [0.25, 0.3) is 0 Å². The number of halogens is 1. The van der Waals surface area contributed by atoms with Crippen LogP contribution in [0.4, 0.5) is 5.69 Å². The summed E-state index contributed by atoms with van der Waals surface area (Å²) in [4.78, 5) is 0. The fourth-order valence-electron chi connectivity index (χ4n) is 2.10. The molecule has 0 aliphatic carbocycles. The quantitative estimate of drug-likeness (QED) is 0.781. The highest BCUT2D eigenvalue weighted by Crippen LogP contribution is 2.34. The highest BCUT2D eigenvalue weighted by atomic mass is 35.5. The van der Waals surface area contributed by atoms with Gasteiger partial charge < -0.3 is 10.5 Å². The van der Waals surface area contributed by atoms with Crippen molar-refractivity contribution in [1.82, 2.24) is 0 Å². The number of hydrogen-bond acceptors (Lipinski definition) is 2. The normalized spacial score (nSPS) is 13.2. The number of nitrogens with two attached hydrogens (primary N) is 1. The van der Waals surface area contributed by atoms with Crippen LogP contribution in [-0.2, 0) is 6.42 Å². The van der Waals surface area contributed by atoms with Crippen LogP contribution in [0.15, 0.2) is 36.4 Å². The molecule has 0 saturated carbocycles. The van der Waals surface area contributed by atoms with Gasteiger partial charge in [0.1, 0.15) is 5.75 Å². The summed E-state index contributed by atoms with van der Waals surface area (Å²) >= 11 is 6.19. The number of ether oxygens (including phenoxy) is 1. The Labute approximate surface area is 105 Å². The van der Waals surface area contributed by atoms with Crippen molar-refractivity contribution in [2.45, 2.75) is 6.42 Å². The van der Waals surface area contributed by atoms with Crippen LogP contribution >= 0.6 is 11.6 Å². The summed E-state index contributed by atoms with van der Waals surface area (Å²) in [6, 6.07) is 11.8. The lowest BCUT2D eigenvalue weighted by atomic mass is 10.0. The van der Waals surface area contributed by atoms with Gasteiger partial charge in [-0.2, -0.15) is 0 Å². The Bertz CT molecular complexity index is 580. The first-order valence-electron chi connectivity index (χ1n) is 5.55. The fraction of sp³-hybridized carbons (Fsp3) is 0.143. The first kappa shape index (κ1) is 10.5. The molecule has 1 aliphatic heterocycles. The summed E-state index contributed by atoms with van der Waals surface area (Å²) in [5.41, 5.74) is 9.68. The zero-order valence-corrected chi connectivity index (χ0v) is 10.00. The molecule has 1 heterocycles. The molecular weight excluding hydrogens is 234 g/mol. The Morgan fingerprint density at radius 3 is 2.82 bits per heavy atom. The number of rotatable bonds is 1. The van der Waals surface area contributed by atoms with Crippen LogP contribution < -0.4 is 10.5 Å². The van der Waals surface area contributed by atoms with Gasteiger partial charge in [0.15, 0.2) is 0 Å². The van der Waals surface area contributed by atoms with E-state index in [1.807, 2.05) is 18.2 Å². The van der Waals surface area contributed by atoms with E-state index in [0.29, 0.717) is 10.7 Å². The Kier molecular flexibility index (Phi) is 2.45. The second kappa shape index (κ2) is 3.97. The minimum atomic E-state index is 0.669. The van der Waals surface area contributed by atoms with E-state index in [1.165, 1.54) is 5.56 Å². The van der Waals surface area contributed by atoms with Gasteiger partial charge in [-0.25, -0.2) is 0 Å². The van der Waals surface area contributed by atoms with E-state index in [4.69, 9.17) is 22.1 Å². The summed E-state index contributed by atoms with van der Waals surface area (Å²) in [6.45, 7) is 0.772. The van der Waals surface area contributed by atoms with Crippen molar-refractivity contribution in [1.29, 1.82) is 0 Å². The van der Waals surface area contributed by atoms with Crippen LogP contribution in [-0.4, -0.2) is 6.61 Å². The third kappa shape index (κ3) is 1.85. The highest BCUT2D eigenvalue weighted by molar-refractivity contribution is 6.33. The van der Waals surface area contributed by atoms with E-state index in [2.05, 4.69) is 12.1 Å². The molecule has 17 heavy (non-hydrogen) atoms. The predicted molar refractivity (Wildman–Crippen MR) is 70.5 cm³/mol. The molecule has 0 aromatic heterocycles. The number of benzene rings is 2. The topological polar surface area (TPSA) is 35.2 Å². The summed E-state index contributed by atoms with van der Waals surface area (Å²) in [5, 5.41) is 0.669. The van der Waals surface area contributed by atoms with Gasteiger partial charge in [0.2, 0.25) is 0 Å². The van der Waals surface area contributed by atoms with Gasteiger partial charge in [-0.15, -0.1) is 0 Å². The van der Waals surface area contributed by atoms with E-state index < -0.39 is 0 Å². The molecule has 0 fully saturated rings. The lowest BCUT2D eigenvalue weighted by molar-refractivity contribution is 0.357. The zero-order valence-electron chi connectivity index (χ0n) is 9.24. The lowest BCUT2D eigenvalue weighted by Gasteiger charge is -2.07. The molecule has 86 valence electrons. The maximum atomic E-state index is 6.19. The van der Waals surface area contributed by atoms with E-state index in [0.717, 1.165) is 29.9 Å². The summed E-state index contributed by atoms with van der Waals surface area (Å²) in [7, 11) is 0. The van der Waals surface area contributed by atoms with E-state index in [1.54, 1.807) is 6.07 Å². The third-order valence-corrected chi connectivity index (χ3v) is 3.31. The highest BCUT2D eigenvalue weighted by Gasteiger charge is 2.13. The smallest absolute Gasteiger partial charge is 0.123 e. The zero-order chi connectivity index (χ0) is 11.8. The molecule has 0 atom stereocenters. The molecule has 3 heteroatoms. The number of nitrogen functional groups attached to an aromatic ring is 1. The first-order valence-corrected chi connectivity index (χ1v) is 5.93. The molecule has 0 unspecified atom stereocenters. The molecular formula is C14H12ClNO. The third-order valence-electron chi connectivity index (χ3n) is 3.00. The minimum Gasteiger partial charge on any atom is -0.493 e. The van der Waals surface area contributed by atoms with E-state index in [-0.39, 0.29) is 0 Å². The van der Waals surface area contributed by atoms with Crippen molar-refractivity contribution in [3.05, 3.63) is 47.0 Å². The number of hydrogen-bond donors (Lipinski definition) is 1. The average Bonchev–Trinajstić information content (AvgIpc) is 2.75. The predicted octanol–water partition coefficient (Wildman–Crippen LogP) is 3.52. The molecule has 2 aromatic carbocycles. The van der Waals surface area contributed by atoms with Crippen LogP contribution in [0, 0.1) is 0 Å². The first-order chi connectivity index (χ1) is 8.24. The number of fused-ring (bicyclic) bond motifs is 1. The second-order valence-electron chi connectivity index (χ2n) is 4.16.